The molecule has 196 valence electrons. The summed E-state index contributed by atoms with van der Waals surface area (Å²) in [5.41, 5.74) is 0.451. The van der Waals surface area contributed by atoms with Gasteiger partial charge in [-0.1, -0.05) is 23.7 Å². The van der Waals surface area contributed by atoms with Gasteiger partial charge in [0, 0.05) is 23.7 Å². The summed E-state index contributed by atoms with van der Waals surface area (Å²) in [5, 5.41) is 2.89. The second-order valence-electron chi connectivity index (χ2n) is 7.65. The van der Waals surface area contributed by atoms with Gasteiger partial charge in [-0.3, -0.25) is 4.79 Å². The van der Waals surface area contributed by atoms with E-state index in [9.17, 15) is 22.4 Å². The zero-order chi connectivity index (χ0) is 27.2. The SMILES string of the molecule is COC(=O)c1cc(OC)c(OC)cc1NC(=O)CN(Cc1ccc(F)cc1)S(=O)(=O)c1ccc(Cl)cc1. The van der Waals surface area contributed by atoms with Gasteiger partial charge < -0.3 is 19.5 Å². The minimum atomic E-state index is -4.18. The Labute approximate surface area is 218 Å². The molecule has 12 heteroatoms. The summed E-state index contributed by atoms with van der Waals surface area (Å²) in [6, 6.07) is 13.4. The predicted molar refractivity (Wildman–Crippen MR) is 135 cm³/mol. The van der Waals surface area contributed by atoms with E-state index in [0.29, 0.717) is 10.6 Å². The first kappa shape index (κ1) is 27.9. The fourth-order valence-corrected chi connectivity index (χ4v) is 4.90. The number of halogens is 2. The van der Waals surface area contributed by atoms with Gasteiger partial charge in [0.1, 0.15) is 5.82 Å². The minimum absolute atomic E-state index is 0.0279. The molecular weight excluding hydrogens is 527 g/mol. The zero-order valence-electron chi connectivity index (χ0n) is 20.2. The number of amides is 1. The lowest BCUT2D eigenvalue weighted by molar-refractivity contribution is -0.116. The molecule has 1 N–H and O–H groups in total. The van der Waals surface area contributed by atoms with E-state index < -0.39 is 34.3 Å². The fourth-order valence-electron chi connectivity index (χ4n) is 3.39. The van der Waals surface area contributed by atoms with Crippen LogP contribution in [0, 0.1) is 5.82 Å². The number of ether oxygens (including phenoxy) is 3. The predicted octanol–water partition coefficient (Wildman–Crippen LogP) is 4.11. The molecular formula is C25H24ClFN2O7S. The molecule has 37 heavy (non-hydrogen) atoms. The van der Waals surface area contributed by atoms with E-state index in [4.69, 9.17) is 25.8 Å². The van der Waals surface area contributed by atoms with Crippen LogP contribution in [-0.2, 0) is 26.1 Å². The van der Waals surface area contributed by atoms with Crippen molar-refractivity contribution in [3.63, 3.8) is 0 Å². The van der Waals surface area contributed by atoms with Crippen LogP contribution < -0.4 is 14.8 Å². The van der Waals surface area contributed by atoms with Crippen molar-refractivity contribution in [3.05, 3.63) is 82.6 Å². The average Bonchev–Trinajstić information content (AvgIpc) is 2.89. The number of sulfonamides is 1. The van der Waals surface area contributed by atoms with Crippen molar-refractivity contribution in [1.29, 1.82) is 0 Å². The van der Waals surface area contributed by atoms with Gasteiger partial charge >= 0.3 is 5.97 Å². The van der Waals surface area contributed by atoms with Crippen LogP contribution in [0.2, 0.25) is 5.02 Å². The van der Waals surface area contributed by atoms with Crippen molar-refractivity contribution in [3.8, 4) is 11.5 Å². The van der Waals surface area contributed by atoms with Gasteiger partial charge in [-0.25, -0.2) is 17.6 Å². The summed E-state index contributed by atoms with van der Waals surface area (Å²) in [5.74, 6) is -1.55. The molecule has 0 unspecified atom stereocenters. The number of carbonyl (C=O) groups is 2. The topological polar surface area (TPSA) is 111 Å². The van der Waals surface area contributed by atoms with Crippen LogP contribution in [0.4, 0.5) is 10.1 Å². The van der Waals surface area contributed by atoms with Crippen LogP contribution in [0.25, 0.3) is 0 Å². The normalized spacial score (nSPS) is 11.2. The molecule has 0 aliphatic rings. The molecule has 3 rings (SSSR count). The standard InChI is InChI=1S/C25H24ClFN2O7S/c1-34-22-12-20(25(31)36-3)21(13-23(22)35-2)28-24(30)15-29(14-16-4-8-18(27)9-5-16)37(32,33)19-10-6-17(26)7-11-19/h4-13H,14-15H2,1-3H3,(H,28,30). The van der Waals surface area contributed by atoms with Gasteiger partial charge in [0.15, 0.2) is 11.5 Å². The van der Waals surface area contributed by atoms with E-state index >= 15 is 0 Å². The lowest BCUT2D eigenvalue weighted by Gasteiger charge is -2.22. The molecule has 0 spiro atoms. The van der Waals surface area contributed by atoms with Crippen LogP contribution in [0.3, 0.4) is 0 Å². The molecule has 0 saturated heterocycles. The quantitative estimate of drug-likeness (QED) is 0.378. The highest BCUT2D eigenvalue weighted by Crippen LogP contribution is 2.34. The third-order valence-electron chi connectivity index (χ3n) is 5.25. The van der Waals surface area contributed by atoms with Crippen molar-refractivity contribution >= 4 is 39.2 Å². The number of methoxy groups -OCH3 is 3. The number of nitrogens with zero attached hydrogens (tertiary/aromatic N) is 1. The maximum atomic E-state index is 13.4. The van der Waals surface area contributed by atoms with Gasteiger partial charge in [-0.15, -0.1) is 0 Å². The van der Waals surface area contributed by atoms with Gasteiger partial charge in [-0.2, -0.15) is 4.31 Å². The van der Waals surface area contributed by atoms with E-state index in [0.717, 1.165) is 4.31 Å². The first-order valence-corrected chi connectivity index (χ1v) is 12.5. The molecule has 0 fully saturated rings. The van der Waals surface area contributed by atoms with E-state index in [2.05, 4.69) is 5.32 Å². The van der Waals surface area contributed by atoms with E-state index in [1.165, 1.54) is 82.0 Å². The number of anilines is 1. The Morgan fingerprint density at radius 1 is 0.946 bits per heavy atom. The Morgan fingerprint density at radius 2 is 1.54 bits per heavy atom. The highest BCUT2D eigenvalue weighted by atomic mass is 35.5. The Balaban J connectivity index is 1.96. The first-order chi connectivity index (χ1) is 17.6. The van der Waals surface area contributed by atoms with Crippen molar-refractivity contribution in [1.82, 2.24) is 4.31 Å². The molecule has 3 aromatic rings. The summed E-state index contributed by atoms with van der Waals surface area (Å²) < 4.78 is 56.4. The summed E-state index contributed by atoms with van der Waals surface area (Å²) >= 11 is 5.89. The molecule has 0 saturated carbocycles. The average molecular weight is 551 g/mol. The minimum Gasteiger partial charge on any atom is -0.493 e. The summed E-state index contributed by atoms with van der Waals surface area (Å²) in [6.07, 6.45) is 0. The lowest BCUT2D eigenvalue weighted by atomic mass is 10.1. The van der Waals surface area contributed by atoms with E-state index in [1.54, 1.807) is 0 Å². The second kappa shape index (κ2) is 12.0. The van der Waals surface area contributed by atoms with Crippen LogP contribution in [-0.4, -0.2) is 52.5 Å². The molecule has 3 aromatic carbocycles. The second-order valence-corrected chi connectivity index (χ2v) is 10.0. The van der Waals surface area contributed by atoms with Crippen LogP contribution >= 0.6 is 11.6 Å². The monoisotopic (exact) mass is 550 g/mol. The fraction of sp³-hybridized carbons (Fsp3) is 0.200. The number of benzene rings is 3. The Hall–Kier alpha value is -3.67. The van der Waals surface area contributed by atoms with Crippen molar-refractivity contribution in [2.75, 3.05) is 33.2 Å². The number of nitrogens with one attached hydrogen (secondary N) is 1. The maximum absolute atomic E-state index is 13.4. The Bertz CT molecular complexity index is 1380. The van der Waals surface area contributed by atoms with Crippen LogP contribution in [0.1, 0.15) is 15.9 Å². The smallest absolute Gasteiger partial charge is 0.340 e. The number of esters is 1. The van der Waals surface area contributed by atoms with Gasteiger partial charge in [0.05, 0.1) is 44.0 Å². The molecule has 0 aromatic heterocycles. The van der Waals surface area contributed by atoms with Crippen LogP contribution in [0.15, 0.2) is 65.6 Å². The summed E-state index contributed by atoms with van der Waals surface area (Å²) in [4.78, 5) is 25.3. The molecule has 1 amide bonds. The highest BCUT2D eigenvalue weighted by Gasteiger charge is 2.28. The molecule has 0 aliphatic heterocycles. The highest BCUT2D eigenvalue weighted by molar-refractivity contribution is 7.89. The molecule has 0 aliphatic carbocycles. The van der Waals surface area contributed by atoms with Gasteiger partial charge in [0.25, 0.3) is 0 Å². The summed E-state index contributed by atoms with van der Waals surface area (Å²) in [6.45, 7) is -0.855. The Morgan fingerprint density at radius 3 is 2.11 bits per heavy atom. The lowest BCUT2D eigenvalue weighted by Crippen LogP contribution is -2.37. The van der Waals surface area contributed by atoms with Crippen molar-refractivity contribution < 1.29 is 36.6 Å². The molecule has 0 atom stereocenters. The first-order valence-electron chi connectivity index (χ1n) is 10.7. The number of carbonyl (C=O) groups excluding carboxylic acids is 2. The third kappa shape index (κ3) is 6.76. The number of hydrogen-bond donors (Lipinski definition) is 1. The molecule has 0 radical (unpaired) electrons. The molecule has 0 heterocycles. The van der Waals surface area contributed by atoms with Gasteiger partial charge in [-0.05, 0) is 42.0 Å². The Kier molecular flexibility index (Phi) is 9.09. The van der Waals surface area contributed by atoms with Crippen molar-refractivity contribution in [2.45, 2.75) is 11.4 Å². The zero-order valence-corrected chi connectivity index (χ0v) is 21.7. The van der Waals surface area contributed by atoms with Crippen LogP contribution in [0.5, 0.6) is 11.5 Å². The molecule has 0 bridgehead atoms. The van der Waals surface area contributed by atoms with E-state index in [1.807, 2.05) is 0 Å². The molecule has 9 nitrogen and oxygen atoms in total. The largest absolute Gasteiger partial charge is 0.493 e. The number of hydrogen-bond acceptors (Lipinski definition) is 7. The third-order valence-corrected chi connectivity index (χ3v) is 7.30. The van der Waals surface area contributed by atoms with Crippen molar-refractivity contribution in [2.24, 2.45) is 0 Å². The summed E-state index contributed by atoms with van der Waals surface area (Å²) in [7, 11) is -0.250. The van der Waals surface area contributed by atoms with Gasteiger partial charge in [0.2, 0.25) is 15.9 Å². The number of rotatable bonds is 10. The van der Waals surface area contributed by atoms with E-state index in [-0.39, 0.29) is 34.2 Å². The maximum Gasteiger partial charge on any atom is 0.340 e.